The van der Waals surface area contributed by atoms with Gasteiger partial charge in [-0.25, -0.2) is 4.98 Å². The van der Waals surface area contributed by atoms with E-state index in [1.807, 2.05) is 24.3 Å². The van der Waals surface area contributed by atoms with Gasteiger partial charge in [0.05, 0.1) is 18.2 Å². The van der Waals surface area contributed by atoms with E-state index in [1.54, 1.807) is 18.3 Å². The summed E-state index contributed by atoms with van der Waals surface area (Å²) >= 11 is 0. The van der Waals surface area contributed by atoms with E-state index in [4.69, 9.17) is 20.5 Å². The minimum atomic E-state index is -0.596. The summed E-state index contributed by atoms with van der Waals surface area (Å²) in [5.74, 6) is -0.0329. The monoisotopic (exact) mass is 309 g/mol. The zero-order valence-corrected chi connectivity index (χ0v) is 12.3. The zero-order chi connectivity index (χ0) is 16.2. The second-order valence-electron chi connectivity index (χ2n) is 5.24. The van der Waals surface area contributed by atoms with Gasteiger partial charge in [0.2, 0.25) is 11.8 Å². The van der Waals surface area contributed by atoms with E-state index >= 15 is 0 Å². The summed E-state index contributed by atoms with van der Waals surface area (Å²) in [4.78, 5) is 15.3. The molecule has 6 heteroatoms. The average molecular weight is 309 g/mol. The number of primary amides is 1. The molecule has 2 N–H and O–H groups in total. The molecular formula is C17H15N3O3. The number of benzene rings is 1. The summed E-state index contributed by atoms with van der Waals surface area (Å²) in [6.07, 6.45) is 1.25. The topological polar surface area (TPSA) is 98.2 Å². The van der Waals surface area contributed by atoms with Crippen LogP contribution >= 0.6 is 0 Å². The molecule has 1 unspecified atom stereocenters. The molecule has 0 aliphatic carbocycles. The minimum absolute atomic E-state index is 0.239. The molecule has 0 saturated carbocycles. The van der Waals surface area contributed by atoms with Gasteiger partial charge in [0.15, 0.2) is 0 Å². The van der Waals surface area contributed by atoms with Crippen molar-refractivity contribution in [3.05, 3.63) is 48.2 Å². The van der Waals surface area contributed by atoms with E-state index < -0.39 is 12.0 Å². The Hall–Kier alpha value is -2.91. The standard InChI is InChI=1S/C17H15N3O3/c18-8-11-3-1-2-4-14(11)12-5-6-16(20-9-12)23-13-7-15(17(19)21)22-10-13/h1-6,9,13,15H,7,10H2,(H2,19,21)/t13-,15?/m0/s1. The summed E-state index contributed by atoms with van der Waals surface area (Å²) in [7, 11) is 0. The molecule has 1 fully saturated rings. The van der Waals surface area contributed by atoms with E-state index in [-0.39, 0.29) is 6.10 Å². The van der Waals surface area contributed by atoms with Crippen LogP contribution in [-0.2, 0) is 9.53 Å². The number of pyridine rings is 1. The van der Waals surface area contributed by atoms with Gasteiger partial charge in [0.25, 0.3) is 0 Å². The van der Waals surface area contributed by atoms with Crippen LogP contribution in [0.25, 0.3) is 11.1 Å². The molecule has 1 aromatic heterocycles. The quantitative estimate of drug-likeness (QED) is 0.925. The predicted molar refractivity (Wildman–Crippen MR) is 82.4 cm³/mol. The molecule has 1 aliphatic heterocycles. The molecule has 6 nitrogen and oxygen atoms in total. The van der Waals surface area contributed by atoms with Gasteiger partial charge in [-0.3, -0.25) is 4.79 Å². The average Bonchev–Trinajstić information content (AvgIpc) is 3.04. The second-order valence-corrected chi connectivity index (χ2v) is 5.24. The van der Waals surface area contributed by atoms with Crippen LogP contribution in [0.5, 0.6) is 5.88 Å². The number of carbonyl (C=O) groups is 1. The molecule has 116 valence electrons. The van der Waals surface area contributed by atoms with Crippen LogP contribution in [0.2, 0.25) is 0 Å². The van der Waals surface area contributed by atoms with Gasteiger partial charge in [0.1, 0.15) is 12.2 Å². The molecule has 2 aromatic rings. The van der Waals surface area contributed by atoms with Crippen LogP contribution in [0.3, 0.4) is 0 Å². The highest BCUT2D eigenvalue weighted by Gasteiger charge is 2.30. The first-order chi connectivity index (χ1) is 11.2. The highest BCUT2D eigenvalue weighted by molar-refractivity contribution is 5.79. The number of rotatable bonds is 4. The fourth-order valence-electron chi connectivity index (χ4n) is 2.49. The van der Waals surface area contributed by atoms with Gasteiger partial charge in [-0.2, -0.15) is 5.26 Å². The Morgan fingerprint density at radius 2 is 2.17 bits per heavy atom. The number of ether oxygens (including phenoxy) is 2. The molecular weight excluding hydrogens is 294 g/mol. The maximum Gasteiger partial charge on any atom is 0.246 e. The molecule has 1 aromatic carbocycles. The van der Waals surface area contributed by atoms with Crippen molar-refractivity contribution in [3.63, 3.8) is 0 Å². The maximum atomic E-state index is 11.1. The Morgan fingerprint density at radius 1 is 1.35 bits per heavy atom. The lowest BCUT2D eigenvalue weighted by Crippen LogP contribution is -2.28. The van der Waals surface area contributed by atoms with Crippen molar-refractivity contribution in [1.29, 1.82) is 5.26 Å². The largest absolute Gasteiger partial charge is 0.472 e. The van der Waals surface area contributed by atoms with E-state index in [1.165, 1.54) is 0 Å². The van der Waals surface area contributed by atoms with Crippen LogP contribution in [0, 0.1) is 11.3 Å². The maximum absolute atomic E-state index is 11.1. The minimum Gasteiger partial charge on any atom is -0.472 e. The molecule has 0 spiro atoms. The van der Waals surface area contributed by atoms with Crippen molar-refractivity contribution >= 4 is 5.91 Å². The number of hydrogen-bond donors (Lipinski definition) is 1. The normalized spacial score (nSPS) is 20.0. The molecule has 1 amide bonds. The number of aromatic nitrogens is 1. The second kappa shape index (κ2) is 6.46. The molecule has 23 heavy (non-hydrogen) atoms. The highest BCUT2D eigenvalue weighted by Crippen LogP contribution is 2.25. The summed E-state index contributed by atoms with van der Waals surface area (Å²) < 4.78 is 11.0. The fraction of sp³-hybridized carbons (Fsp3) is 0.235. The first-order valence-electron chi connectivity index (χ1n) is 7.20. The lowest BCUT2D eigenvalue weighted by atomic mass is 10.0. The van der Waals surface area contributed by atoms with Gasteiger partial charge >= 0.3 is 0 Å². The van der Waals surface area contributed by atoms with Crippen LogP contribution in [0.4, 0.5) is 0 Å². The van der Waals surface area contributed by atoms with Gasteiger partial charge in [-0.1, -0.05) is 18.2 Å². The molecule has 0 bridgehead atoms. The Labute approximate surface area is 133 Å². The van der Waals surface area contributed by atoms with Crippen molar-refractivity contribution in [2.75, 3.05) is 6.61 Å². The highest BCUT2D eigenvalue weighted by atomic mass is 16.6. The van der Waals surface area contributed by atoms with Crippen LogP contribution < -0.4 is 10.5 Å². The molecule has 1 aliphatic rings. The lowest BCUT2D eigenvalue weighted by Gasteiger charge is -2.11. The van der Waals surface area contributed by atoms with E-state index in [2.05, 4.69) is 11.1 Å². The van der Waals surface area contributed by atoms with Crippen molar-refractivity contribution < 1.29 is 14.3 Å². The molecule has 2 atom stereocenters. The van der Waals surface area contributed by atoms with Crippen molar-refractivity contribution in [3.8, 4) is 23.1 Å². The zero-order valence-electron chi connectivity index (χ0n) is 12.3. The number of amides is 1. The Morgan fingerprint density at radius 3 is 2.83 bits per heavy atom. The third kappa shape index (κ3) is 3.30. The van der Waals surface area contributed by atoms with Crippen LogP contribution in [0.15, 0.2) is 42.6 Å². The number of carbonyl (C=O) groups excluding carboxylic acids is 1. The van der Waals surface area contributed by atoms with Gasteiger partial charge in [-0.05, 0) is 12.1 Å². The molecule has 2 heterocycles. The van der Waals surface area contributed by atoms with E-state index in [0.29, 0.717) is 24.5 Å². The summed E-state index contributed by atoms with van der Waals surface area (Å²) in [5, 5.41) is 9.15. The molecule has 3 rings (SSSR count). The van der Waals surface area contributed by atoms with E-state index in [0.717, 1.165) is 11.1 Å². The Kier molecular flexibility index (Phi) is 4.22. The van der Waals surface area contributed by atoms with E-state index in [9.17, 15) is 4.79 Å². The van der Waals surface area contributed by atoms with Gasteiger partial charge in [0, 0.05) is 29.8 Å². The predicted octanol–water partition coefficient (Wildman–Crippen LogP) is 1.64. The number of nitrogens with zero attached hydrogens (tertiary/aromatic N) is 2. The molecule has 0 radical (unpaired) electrons. The summed E-state index contributed by atoms with van der Waals surface area (Å²) in [6, 6.07) is 13.1. The summed E-state index contributed by atoms with van der Waals surface area (Å²) in [5.41, 5.74) is 7.46. The van der Waals surface area contributed by atoms with Crippen molar-refractivity contribution in [2.24, 2.45) is 5.73 Å². The van der Waals surface area contributed by atoms with Gasteiger partial charge in [-0.15, -0.1) is 0 Å². The Balaban J connectivity index is 1.71. The third-order valence-electron chi connectivity index (χ3n) is 3.66. The van der Waals surface area contributed by atoms with Crippen molar-refractivity contribution in [2.45, 2.75) is 18.6 Å². The van der Waals surface area contributed by atoms with Gasteiger partial charge < -0.3 is 15.2 Å². The van der Waals surface area contributed by atoms with Crippen LogP contribution in [0.1, 0.15) is 12.0 Å². The molecule has 1 saturated heterocycles. The number of nitrogens with two attached hydrogens (primary N) is 1. The third-order valence-corrected chi connectivity index (χ3v) is 3.66. The SMILES string of the molecule is N#Cc1ccccc1-c1ccc(O[C@@H]2COC(C(N)=O)C2)nc1. The first-order valence-corrected chi connectivity index (χ1v) is 7.20. The lowest BCUT2D eigenvalue weighted by molar-refractivity contribution is -0.126. The smallest absolute Gasteiger partial charge is 0.246 e. The first kappa shape index (κ1) is 15.0. The number of nitriles is 1. The number of hydrogen-bond acceptors (Lipinski definition) is 5. The fourth-order valence-corrected chi connectivity index (χ4v) is 2.49. The van der Waals surface area contributed by atoms with Crippen LogP contribution in [-0.4, -0.2) is 29.7 Å². The summed E-state index contributed by atoms with van der Waals surface area (Å²) in [6.45, 7) is 0.314. The van der Waals surface area contributed by atoms with Crippen molar-refractivity contribution in [1.82, 2.24) is 4.98 Å². The Bertz CT molecular complexity index is 752.